The molecular weight excluding hydrogens is 186 g/mol. The molecule has 1 rings (SSSR count). The van der Waals surface area contributed by atoms with Gasteiger partial charge in [-0.3, -0.25) is 0 Å². The number of hydrogen-bond acceptors (Lipinski definition) is 2. The van der Waals surface area contributed by atoms with Crippen LogP contribution in [0.3, 0.4) is 0 Å². The van der Waals surface area contributed by atoms with Crippen molar-refractivity contribution in [2.45, 2.75) is 34.6 Å². The molecule has 1 heterocycles. The summed E-state index contributed by atoms with van der Waals surface area (Å²) in [6.45, 7) is 17.9. The van der Waals surface area contributed by atoms with Crippen molar-refractivity contribution in [2.24, 2.45) is 5.92 Å². The maximum Gasteiger partial charge on any atom is 0.182 e. The Morgan fingerprint density at radius 3 is 2.27 bits per heavy atom. The van der Waals surface area contributed by atoms with E-state index in [1.54, 1.807) is 0 Å². The van der Waals surface area contributed by atoms with E-state index in [2.05, 4.69) is 32.0 Å². The summed E-state index contributed by atoms with van der Waals surface area (Å²) < 4.78 is 5.28. The molecule has 0 aliphatic carbocycles. The summed E-state index contributed by atoms with van der Waals surface area (Å²) in [5.41, 5.74) is 2.69. The van der Waals surface area contributed by atoms with E-state index in [1.165, 1.54) is 6.39 Å². The lowest BCUT2D eigenvalue weighted by atomic mass is 10.00. The summed E-state index contributed by atoms with van der Waals surface area (Å²) in [6.07, 6.45) is 1.44. The van der Waals surface area contributed by atoms with Gasteiger partial charge in [-0.15, -0.1) is 0 Å². The highest BCUT2D eigenvalue weighted by atomic mass is 16.3. The average molecular weight is 207 g/mol. The van der Waals surface area contributed by atoms with E-state index >= 15 is 0 Å². The lowest BCUT2D eigenvalue weighted by Crippen LogP contribution is -1.93. The SMILES string of the molecule is C=C(C)c1ncoc1C(=C)C(C)C.CC. The van der Waals surface area contributed by atoms with Crippen LogP contribution >= 0.6 is 0 Å². The smallest absolute Gasteiger partial charge is 0.182 e. The van der Waals surface area contributed by atoms with E-state index in [4.69, 9.17) is 4.42 Å². The van der Waals surface area contributed by atoms with Crippen molar-refractivity contribution in [2.75, 3.05) is 0 Å². The molecule has 0 atom stereocenters. The fourth-order valence-corrected chi connectivity index (χ4v) is 1.04. The Morgan fingerprint density at radius 2 is 1.87 bits per heavy atom. The molecule has 0 saturated heterocycles. The van der Waals surface area contributed by atoms with Crippen molar-refractivity contribution in [1.82, 2.24) is 4.98 Å². The lowest BCUT2D eigenvalue weighted by molar-refractivity contribution is 0.537. The maximum absolute atomic E-state index is 5.28. The fraction of sp³-hybridized carbons (Fsp3) is 0.462. The predicted molar refractivity (Wildman–Crippen MR) is 66.4 cm³/mol. The molecule has 0 N–H and O–H groups in total. The number of oxazole rings is 1. The first-order chi connectivity index (χ1) is 7.04. The Bertz CT molecular complexity index is 334. The minimum absolute atomic E-state index is 0.367. The van der Waals surface area contributed by atoms with Crippen LogP contribution in [-0.2, 0) is 0 Å². The second-order valence-corrected chi connectivity index (χ2v) is 3.49. The van der Waals surface area contributed by atoms with Crippen LogP contribution in [-0.4, -0.2) is 4.98 Å². The second-order valence-electron chi connectivity index (χ2n) is 3.49. The third-order valence-corrected chi connectivity index (χ3v) is 1.96. The summed E-state index contributed by atoms with van der Waals surface area (Å²) in [4.78, 5) is 4.09. The zero-order valence-corrected chi connectivity index (χ0v) is 10.4. The van der Waals surface area contributed by atoms with Crippen molar-refractivity contribution in [3.8, 4) is 0 Å². The lowest BCUT2D eigenvalue weighted by Gasteiger charge is -2.07. The summed E-state index contributed by atoms with van der Waals surface area (Å²) in [6, 6.07) is 0. The first kappa shape index (κ1) is 13.7. The van der Waals surface area contributed by atoms with Crippen molar-refractivity contribution < 1.29 is 4.42 Å². The van der Waals surface area contributed by atoms with Gasteiger partial charge in [0.1, 0.15) is 5.69 Å². The van der Waals surface area contributed by atoms with Gasteiger partial charge in [-0.05, 0) is 24.0 Å². The van der Waals surface area contributed by atoms with Crippen molar-refractivity contribution in [1.29, 1.82) is 0 Å². The molecule has 0 fully saturated rings. The van der Waals surface area contributed by atoms with Gasteiger partial charge in [0.05, 0.1) is 0 Å². The van der Waals surface area contributed by atoms with Crippen LogP contribution < -0.4 is 0 Å². The molecule has 0 amide bonds. The minimum Gasteiger partial charge on any atom is -0.443 e. The molecule has 0 bridgehead atoms. The van der Waals surface area contributed by atoms with E-state index < -0.39 is 0 Å². The number of nitrogens with zero attached hydrogens (tertiary/aromatic N) is 1. The summed E-state index contributed by atoms with van der Waals surface area (Å²) in [5.74, 6) is 1.13. The number of rotatable bonds is 3. The standard InChI is InChI=1S/C11H15NO.C2H6/c1-7(2)9(5)11-10(8(3)4)12-6-13-11;1-2/h6-7H,3,5H2,1-2,4H3;1-2H3. The molecule has 2 nitrogen and oxygen atoms in total. The Morgan fingerprint density at radius 1 is 1.33 bits per heavy atom. The molecular formula is C13H21NO. The number of hydrogen-bond donors (Lipinski definition) is 0. The maximum atomic E-state index is 5.28. The highest BCUT2D eigenvalue weighted by molar-refractivity contribution is 5.72. The van der Waals surface area contributed by atoms with E-state index in [-0.39, 0.29) is 0 Å². The third kappa shape index (κ3) is 3.39. The Kier molecular flexibility index (Phi) is 5.68. The molecule has 1 aromatic heterocycles. The largest absolute Gasteiger partial charge is 0.443 e. The van der Waals surface area contributed by atoms with Gasteiger partial charge in [-0.25, -0.2) is 4.98 Å². The topological polar surface area (TPSA) is 26.0 Å². The van der Waals surface area contributed by atoms with Crippen LogP contribution in [0, 0.1) is 5.92 Å². The van der Waals surface area contributed by atoms with Gasteiger partial charge in [-0.1, -0.05) is 40.9 Å². The molecule has 0 aliphatic rings. The predicted octanol–water partition coefficient (Wildman–Crippen LogP) is 4.40. The molecule has 84 valence electrons. The van der Waals surface area contributed by atoms with E-state index in [0.29, 0.717) is 5.92 Å². The third-order valence-electron chi connectivity index (χ3n) is 1.96. The fourth-order valence-electron chi connectivity index (χ4n) is 1.04. The quantitative estimate of drug-likeness (QED) is 0.734. The van der Waals surface area contributed by atoms with Gasteiger partial charge < -0.3 is 4.42 Å². The Hall–Kier alpha value is -1.31. The summed E-state index contributed by atoms with van der Waals surface area (Å²) in [7, 11) is 0. The van der Waals surface area contributed by atoms with Crippen LogP contribution in [0.4, 0.5) is 0 Å². The second kappa shape index (κ2) is 6.23. The van der Waals surface area contributed by atoms with Gasteiger partial charge in [0.15, 0.2) is 12.2 Å². The first-order valence-corrected chi connectivity index (χ1v) is 5.32. The molecule has 1 aromatic rings. The molecule has 15 heavy (non-hydrogen) atoms. The number of allylic oxidation sites excluding steroid dienone is 2. The molecule has 2 heteroatoms. The van der Waals surface area contributed by atoms with E-state index in [0.717, 1.165) is 22.6 Å². The molecule has 0 radical (unpaired) electrons. The van der Waals surface area contributed by atoms with Crippen molar-refractivity contribution in [3.63, 3.8) is 0 Å². The van der Waals surface area contributed by atoms with Gasteiger partial charge in [0.2, 0.25) is 0 Å². The molecule has 0 aromatic carbocycles. The first-order valence-electron chi connectivity index (χ1n) is 5.32. The average Bonchev–Trinajstić information content (AvgIpc) is 2.68. The zero-order valence-electron chi connectivity index (χ0n) is 10.4. The molecule has 0 saturated carbocycles. The molecule has 0 unspecified atom stereocenters. The molecule has 0 spiro atoms. The highest BCUT2D eigenvalue weighted by Crippen LogP contribution is 2.26. The Labute approximate surface area is 92.7 Å². The van der Waals surface area contributed by atoms with Crippen LogP contribution in [0.25, 0.3) is 11.1 Å². The van der Waals surface area contributed by atoms with E-state index in [1.807, 2.05) is 20.8 Å². The van der Waals surface area contributed by atoms with Gasteiger partial charge >= 0.3 is 0 Å². The normalized spacial score (nSPS) is 9.47. The van der Waals surface area contributed by atoms with Crippen LogP contribution in [0.1, 0.15) is 46.1 Å². The summed E-state index contributed by atoms with van der Waals surface area (Å²) >= 11 is 0. The van der Waals surface area contributed by atoms with Crippen molar-refractivity contribution in [3.05, 3.63) is 31.0 Å². The van der Waals surface area contributed by atoms with Crippen LogP contribution in [0.2, 0.25) is 0 Å². The van der Waals surface area contributed by atoms with E-state index in [9.17, 15) is 0 Å². The monoisotopic (exact) mass is 207 g/mol. The highest BCUT2D eigenvalue weighted by Gasteiger charge is 2.14. The van der Waals surface area contributed by atoms with Gasteiger partial charge in [0, 0.05) is 0 Å². The van der Waals surface area contributed by atoms with Crippen molar-refractivity contribution >= 4 is 11.1 Å². The molecule has 0 aliphatic heterocycles. The summed E-state index contributed by atoms with van der Waals surface area (Å²) in [5, 5.41) is 0. The zero-order chi connectivity index (χ0) is 12.0. The van der Waals surface area contributed by atoms with Crippen LogP contribution in [0.15, 0.2) is 24.0 Å². The number of aromatic nitrogens is 1. The Balaban J connectivity index is 0.000000921. The van der Waals surface area contributed by atoms with Gasteiger partial charge in [-0.2, -0.15) is 0 Å². The van der Waals surface area contributed by atoms with Crippen LogP contribution in [0.5, 0.6) is 0 Å². The van der Waals surface area contributed by atoms with Gasteiger partial charge in [0.25, 0.3) is 0 Å². The minimum atomic E-state index is 0.367.